The fraction of sp³-hybridized carbons (Fsp3) is 0.774. The van der Waals surface area contributed by atoms with Crippen molar-refractivity contribution >= 4 is 17.8 Å². The number of fused-ring (bicyclic) bond motifs is 1. The molecule has 3 rings (SSSR count). The fourth-order valence-electron chi connectivity index (χ4n) is 7.72. The molecule has 0 aromatic rings. The number of hydrogen-bond acceptors (Lipinski definition) is 6. The number of hydrogen-bond donors (Lipinski definition) is 1. The Morgan fingerprint density at radius 1 is 1.18 bits per heavy atom. The number of carbonyl (C=O) groups is 3. The Balaban J connectivity index is 2.10. The van der Waals surface area contributed by atoms with Crippen molar-refractivity contribution in [3.05, 3.63) is 25.3 Å². The summed E-state index contributed by atoms with van der Waals surface area (Å²) >= 11 is 0. The van der Waals surface area contributed by atoms with Gasteiger partial charge in [-0.2, -0.15) is 0 Å². The quantitative estimate of drug-likeness (QED) is 0.212. The molecule has 3 aliphatic rings. The van der Waals surface area contributed by atoms with Crippen LogP contribution in [0.4, 0.5) is 0 Å². The van der Waals surface area contributed by atoms with Gasteiger partial charge in [-0.05, 0) is 64.2 Å². The first-order chi connectivity index (χ1) is 18.1. The van der Waals surface area contributed by atoms with Gasteiger partial charge in [-0.3, -0.25) is 14.4 Å². The Morgan fingerprint density at radius 3 is 2.41 bits per heavy atom. The molecule has 0 aromatic heterocycles. The summed E-state index contributed by atoms with van der Waals surface area (Å²) in [4.78, 5) is 45.9. The number of nitrogens with zero attached hydrogens (tertiary/aromatic N) is 2. The molecule has 39 heavy (non-hydrogen) atoms. The molecule has 0 saturated carbocycles. The number of ether oxygens (including phenoxy) is 2. The van der Waals surface area contributed by atoms with Gasteiger partial charge in [0, 0.05) is 25.2 Å². The lowest BCUT2D eigenvalue weighted by Crippen LogP contribution is -2.61. The SMILES string of the molecule is C=CCOC(=O)[C@H]1[C@H]2C(=O)N(CCCCCO)C(C(=O)N(CC=C)C(C)(C)CC(C)(C)C)C23CC(C)[C@]1(C)O3. The normalized spacial score (nSPS) is 31.8. The second kappa shape index (κ2) is 11.4. The van der Waals surface area contributed by atoms with Crippen molar-refractivity contribution in [1.82, 2.24) is 9.80 Å². The highest BCUT2D eigenvalue weighted by molar-refractivity contribution is 5.98. The van der Waals surface area contributed by atoms with Crippen LogP contribution in [0.5, 0.6) is 0 Å². The Labute approximate surface area is 234 Å². The number of amides is 2. The van der Waals surface area contributed by atoms with Gasteiger partial charge in [0.2, 0.25) is 11.8 Å². The predicted octanol–water partition coefficient (Wildman–Crippen LogP) is 4.12. The molecule has 2 amide bonds. The van der Waals surface area contributed by atoms with E-state index in [-0.39, 0.29) is 36.4 Å². The maximum Gasteiger partial charge on any atom is 0.313 e. The Kier molecular flexibility index (Phi) is 9.13. The summed E-state index contributed by atoms with van der Waals surface area (Å²) in [6, 6.07) is -0.857. The number of esters is 1. The molecule has 3 saturated heterocycles. The van der Waals surface area contributed by atoms with E-state index in [0.29, 0.717) is 32.4 Å². The second-order valence-corrected chi connectivity index (χ2v) is 13.7. The van der Waals surface area contributed by atoms with Crippen molar-refractivity contribution in [3.63, 3.8) is 0 Å². The van der Waals surface area contributed by atoms with E-state index >= 15 is 0 Å². The average Bonchev–Trinajstić information content (AvgIpc) is 3.33. The van der Waals surface area contributed by atoms with Crippen molar-refractivity contribution in [1.29, 1.82) is 0 Å². The van der Waals surface area contributed by atoms with Crippen molar-refractivity contribution < 1.29 is 29.0 Å². The zero-order valence-electron chi connectivity index (χ0n) is 25.1. The Hall–Kier alpha value is -2.19. The van der Waals surface area contributed by atoms with Gasteiger partial charge in [-0.1, -0.05) is 46.4 Å². The molecular formula is C31H50N2O6. The van der Waals surface area contributed by atoms with Crippen LogP contribution >= 0.6 is 0 Å². The number of carbonyl (C=O) groups excluding carboxylic acids is 3. The van der Waals surface area contributed by atoms with E-state index in [1.165, 1.54) is 6.08 Å². The molecule has 220 valence electrons. The molecule has 3 heterocycles. The second-order valence-electron chi connectivity index (χ2n) is 13.7. The van der Waals surface area contributed by atoms with Gasteiger partial charge in [0.1, 0.15) is 24.2 Å². The van der Waals surface area contributed by atoms with Crippen molar-refractivity contribution in [2.45, 2.75) is 103 Å². The van der Waals surface area contributed by atoms with Gasteiger partial charge in [0.15, 0.2) is 0 Å². The molecule has 3 fully saturated rings. The van der Waals surface area contributed by atoms with Crippen LogP contribution < -0.4 is 0 Å². The van der Waals surface area contributed by atoms with Gasteiger partial charge >= 0.3 is 5.97 Å². The molecule has 0 aromatic carbocycles. The molecule has 2 bridgehead atoms. The lowest BCUT2D eigenvalue weighted by atomic mass is 9.62. The minimum absolute atomic E-state index is 0.0379. The zero-order chi connectivity index (χ0) is 29.4. The molecule has 0 radical (unpaired) electrons. The third-order valence-corrected chi connectivity index (χ3v) is 8.97. The van der Waals surface area contributed by atoms with E-state index in [1.807, 2.05) is 18.7 Å². The summed E-state index contributed by atoms with van der Waals surface area (Å²) in [7, 11) is 0. The molecule has 8 nitrogen and oxygen atoms in total. The number of aliphatic hydroxyl groups is 1. The van der Waals surface area contributed by atoms with E-state index in [4.69, 9.17) is 9.47 Å². The maximum absolute atomic E-state index is 14.7. The summed E-state index contributed by atoms with van der Waals surface area (Å²) in [6.45, 7) is 22.9. The number of rotatable bonds is 13. The van der Waals surface area contributed by atoms with Crippen molar-refractivity contribution in [3.8, 4) is 0 Å². The van der Waals surface area contributed by atoms with Crippen molar-refractivity contribution in [2.24, 2.45) is 23.2 Å². The van der Waals surface area contributed by atoms with E-state index < -0.39 is 40.6 Å². The number of likely N-dealkylation sites (tertiary alicyclic amines) is 1. The lowest BCUT2D eigenvalue weighted by molar-refractivity contribution is -0.162. The van der Waals surface area contributed by atoms with Gasteiger partial charge in [-0.15, -0.1) is 6.58 Å². The zero-order valence-corrected chi connectivity index (χ0v) is 25.1. The minimum Gasteiger partial charge on any atom is -0.461 e. The van der Waals surface area contributed by atoms with Crippen LogP contribution in [0.3, 0.4) is 0 Å². The summed E-state index contributed by atoms with van der Waals surface area (Å²) in [5, 5.41) is 9.28. The Bertz CT molecular complexity index is 971. The van der Waals surface area contributed by atoms with Crippen LogP contribution in [0, 0.1) is 23.2 Å². The first-order valence-corrected chi connectivity index (χ1v) is 14.4. The van der Waals surface area contributed by atoms with Crippen LogP contribution in [0.15, 0.2) is 25.3 Å². The van der Waals surface area contributed by atoms with Gasteiger partial charge < -0.3 is 24.4 Å². The summed E-state index contributed by atoms with van der Waals surface area (Å²) in [5.74, 6) is -2.52. The molecule has 6 atom stereocenters. The smallest absolute Gasteiger partial charge is 0.313 e. The first-order valence-electron chi connectivity index (χ1n) is 14.4. The molecule has 3 unspecified atom stereocenters. The first kappa shape index (κ1) is 31.3. The van der Waals surface area contributed by atoms with Crippen LogP contribution in [-0.4, -0.2) is 81.8 Å². The number of unbranched alkanes of at least 4 members (excludes halogenated alkanes) is 2. The molecule has 3 aliphatic heterocycles. The number of aliphatic hydroxyl groups excluding tert-OH is 1. The van der Waals surface area contributed by atoms with Crippen molar-refractivity contribution in [2.75, 3.05) is 26.3 Å². The van der Waals surface area contributed by atoms with Crippen LogP contribution in [-0.2, 0) is 23.9 Å². The summed E-state index contributed by atoms with van der Waals surface area (Å²) in [5.41, 5.74) is -2.58. The van der Waals surface area contributed by atoms with Gasteiger partial charge in [0.05, 0.1) is 11.5 Å². The molecule has 1 spiro atoms. The van der Waals surface area contributed by atoms with Crippen LogP contribution in [0.25, 0.3) is 0 Å². The topological polar surface area (TPSA) is 96.4 Å². The summed E-state index contributed by atoms with van der Waals surface area (Å²) < 4.78 is 12.3. The minimum atomic E-state index is -1.12. The largest absolute Gasteiger partial charge is 0.461 e. The van der Waals surface area contributed by atoms with E-state index in [0.717, 1.165) is 12.8 Å². The standard InChI is InChI=1S/C31H50N2O6/c1-10-15-33(29(7,8)20-28(4,5)6)26(36)24-31-19-21(3)30(9,39-31)23(27(37)38-18-11-2)22(31)25(35)32(24)16-13-12-14-17-34/h10-11,21-24,34H,1-2,12-20H2,3-9H3/t21?,22-,23+,24?,30-,31?/m0/s1. The molecular weight excluding hydrogens is 496 g/mol. The predicted molar refractivity (Wildman–Crippen MR) is 151 cm³/mol. The van der Waals surface area contributed by atoms with Crippen LogP contribution in [0.1, 0.15) is 80.6 Å². The Morgan fingerprint density at radius 2 is 1.85 bits per heavy atom. The van der Waals surface area contributed by atoms with Gasteiger partial charge in [0.25, 0.3) is 0 Å². The highest BCUT2D eigenvalue weighted by atomic mass is 16.6. The molecule has 0 aliphatic carbocycles. The highest BCUT2D eigenvalue weighted by Crippen LogP contribution is 2.65. The van der Waals surface area contributed by atoms with E-state index in [2.05, 4.69) is 47.8 Å². The molecule has 1 N–H and O–H groups in total. The third kappa shape index (κ3) is 5.56. The van der Waals surface area contributed by atoms with Crippen LogP contribution in [0.2, 0.25) is 0 Å². The maximum atomic E-state index is 14.7. The average molecular weight is 547 g/mol. The third-order valence-electron chi connectivity index (χ3n) is 8.97. The van der Waals surface area contributed by atoms with E-state index in [9.17, 15) is 19.5 Å². The van der Waals surface area contributed by atoms with E-state index in [1.54, 1.807) is 11.0 Å². The van der Waals surface area contributed by atoms with Gasteiger partial charge in [-0.25, -0.2) is 0 Å². The molecule has 8 heteroatoms. The lowest BCUT2D eigenvalue weighted by Gasteiger charge is -2.45. The summed E-state index contributed by atoms with van der Waals surface area (Å²) in [6.07, 6.45) is 6.49. The highest BCUT2D eigenvalue weighted by Gasteiger charge is 2.80. The monoisotopic (exact) mass is 546 g/mol. The fourth-order valence-corrected chi connectivity index (χ4v) is 7.72.